The summed E-state index contributed by atoms with van der Waals surface area (Å²) in [6.07, 6.45) is 1.50. The number of rotatable bonds is 5. The molecule has 1 aliphatic heterocycles. The van der Waals surface area contributed by atoms with Gasteiger partial charge in [-0.15, -0.1) is 0 Å². The van der Waals surface area contributed by atoms with Gasteiger partial charge in [0.2, 0.25) is 0 Å². The molecule has 0 saturated carbocycles. The van der Waals surface area contributed by atoms with Gasteiger partial charge in [-0.05, 0) is 5.92 Å². The van der Waals surface area contributed by atoms with Crippen LogP contribution in [0.3, 0.4) is 0 Å². The van der Waals surface area contributed by atoms with E-state index in [4.69, 9.17) is 10.5 Å². The van der Waals surface area contributed by atoms with Crippen LogP contribution in [-0.4, -0.2) is 60.0 Å². The van der Waals surface area contributed by atoms with Gasteiger partial charge in [-0.3, -0.25) is 14.4 Å². The molecule has 20 heavy (non-hydrogen) atoms. The van der Waals surface area contributed by atoms with E-state index in [1.807, 2.05) is 0 Å². The van der Waals surface area contributed by atoms with Gasteiger partial charge < -0.3 is 15.8 Å². The molecule has 1 aromatic rings. The van der Waals surface area contributed by atoms with Crippen LogP contribution < -0.4 is 11.1 Å². The standard InChI is InChI=1S/C13H23N5O2/c1-10(9-18-3-5-20-6-4-18)7-15-13(19)11-8-16-17(2)12(11)14/h8,10H,3-7,9,14H2,1-2H3,(H,15,19). The average molecular weight is 281 g/mol. The summed E-state index contributed by atoms with van der Waals surface area (Å²) in [5.41, 5.74) is 6.21. The predicted molar refractivity (Wildman–Crippen MR) is 76.4 cm³/mol. The average Bonchev–Trinajstić information content (AvgIpc) is 2.78. The van der Waals surface area contributed by atoms with Gasteiger partial charge in [-0.25, -0.2) is 0 Å². The van der Waals surface area contributed by atoms with Crippen molar-refractivity contribution >= 4 is 11.7 Å². The third kappa shape index (κ3) is 3.71. The molecule has 1 fully saturated rings. The maximum absolute atomic E-state index is 12.0. The number of hydrogen-bond acceptors (Lipinski definition) is 5. The summed E-state index contributed by atoms with van der Waals surface area (Å²) in [5.74, 6) is 0.614. The van der Waals surface area contributed by atoms with E-state index in [1.54, 1.807) is 7.05 Å². The first-order valence-electron chi connectivity index (χ1n) is 6.93. The van der Waals surface area contributed by atoms with Crippen LogP contribution in [0.1, 0.15) is 17.3 Å². The molecule has 0 spiro atoms. The van der Waals surface area contributed by atoms with Gasteiger partial charge in [0.05, 0.1) is 19.4 Å². The van der Waals surface area contributed by atoms with Crippen molar-refractivity contribution in [1.82, 2.24) is 20.0 Å². The van der Waals surface area contributed by atoms with E-state index in [9.17, 15) is 4.79 Å². The Labute approximate surface area is 119 Å². The van der Waals surface area contributed by atoms with Gasteiger partial charge in [-0.2, -0.15) is 5.10 Å². The molecular weight excluding hydrogens is 258 g/mol. The Morgan fingerprint density at radius 3 is 2.85 bits per heavy atom. The second-order valence-electron chi connectivity index (χ2n) is 5.30. The number of carbonyl (C=O) groups is 1. The van der Waals surface area contributed by atoms with Crippen molar-refractivity contribution in [3.63, 3.8) is 0 Å². The highest BCUT2D eigenvalue weighted by Gasteiger charge is 2.16. The number of aromatic nitrogens is 2. The van der Waals surface area contributed by atoms with Gasteiger partial charge >= 0.3 is 0 Å². The molecule has 2 rings (SSSR count). The third-order valence-corrected chi connectivity index (χ3v) is 3.51. The van der Waals surface area contributed by atoms with E-state index < -0.39 is 0 Å². The van der Waals surface area contributed by atoms with Gasteiger partial charge in [0.1, 0.15) is 11.4 Å². The monoisotopic (exact) mass is 281 g/mol. The number of aryl methyl sites for hydroxylation is 1. The van der Waals surface area contributed by atoms with Crippen LogP contribution >= 0.6 is 0 Å². The number of morpholine rings is 1. The van der Waals surface area contributed by atoms with Crippen molar-refractivity contribution in [2.75, 3.05) is 45.1 Å². The Morgan fingerprint density at radius 2 is 2.25 bits per heavy atom. The van der Waals surface area contributed by atoms with Crippen molar-refractivity contribution < 1.29 is 9.53 Å². The first-order chi connectivity index (χ1) is 9.58. The largest absolute Gasteiger partial charge is 0.383 e. The molecular formula is C13H23N5O2. The molecule has 7 heteroatoms. The van der Waals surface area contributed by atoms with Gasteiger partial charge in [-0.1, -0.05) is 6.92 Å². The molecule has 1 aromatic heterocycles. The smallest absolute Gasteiger partial charge is 0.256 e. The normalized spacial score (nSPS) is 17.9. The maximum Gasteiger partial charge on any atom is 0.256 e. The summed E-state index contributed by atoms with van der Waals surface area (Å²) < 4.78 is 6.81. The summed E-state index contributed by atoms with van der Waals surface area (Å²) in [7, 11) is 1.72. The van der Waals surface area contributed by atoms with Gasteiger partial charge in [0, 0.05) is 33.2 Å². The second-order valence-corrected chi connectivity index (χ2v) is 5.30. The zero-order valence-corrected chi connectivity index (χ0v) is 12.1. The molecule has 0 radical (unpaired) electrons. The number of hydrogen-bond donors (Lipinski definition) is 2. The summed E-state index contributed by atoms with van der Waals surface area (Å²) in [6.45, 7) is 7.25. The lowest BCUT2D eigenvalue weighted by Crippen LogP contribution is -2.41. The number of carbonyl (C=O) groups excluding carboxylic acids is 1. The first-order valence-corrected chi connectivity index (χ1v) is 6.93. The Kier molecular flexibility index (Phi) is 4.97. The highest BCUT2D eigenvalue weighted by atomic mass is 16.5. The minimum absolute atomic E-state index is 0.163. The first kappa shape index (κ1) is 14.8. The summed E-state index contributed by atoms with van der Waals surface area (Å²) in [4.78, 5) is 14.4. The van der Waals surface area contributed by atoms with Crippen LogP contribution in [0.15, 0.2) is 6.20 Å². The van der Waals surface area contributed by atoms with E-state index in [-0.39, 0.29) is 5.91 Å². The number of amides is 1. The molecule has 0 bridgehead atoms. The molecule has 112 valence electrons. The molecule has 2 heterocycles. The van der Waals surface area contributed by atoms with Crippen LogP contribution in [-0.2, 0) is 11.8 Å². The van der Waals surface area contributed by atoms with Crippen LogP contribution in [0.5, 0.6) is 0 Å². The highest BCUT2D eigenvalue weighted by molar-refractivity contribution is 5.98. The fourth-order valence-corrected chi connectivity index (χ4v) is 2.27. The van der Waals surface area contributed by atoms with Crippen LogP contribution in [0.25, 0.3) is 0 Å². The number of nitrogens with zero attached hydrogens (tertiary/aromatic N) is 3. The Morgan fingerprint density at radius 1 is 1.55 bits per heavy atom. The Hall–Kier alpha value is -1.60. The van der Waals surface area contributed by atoms with Gasteiger partial charge in [0.15, 0.2) is 0 Å². The van der Waals surface area contributed by atoms with Crippen LogP contribution in [0.2, 0.25) is 0 Å². The summed E-state index contributed by atoms with van der Waals surface area (Å²) >= 11 is 0. The maximum atomic E-state index is 12.0. The highest BCUT2D eigenvalue weighted by Crippen LogP contribution is 2.09. The number of ether oxygens (including phenoxy) is 1. The van der Waals surface area contributed by atoms with Crippen molar-refractivity contribution in [3.05, 3.63) is 11.8 Å². The SMILES string of the molecule is CC(CNC(=O)c1cnn(C)c1N)CN1CCOCC1. The molecule has 1 saturated heterocycles. The van der Waals surface area contributed by atoms with Crippen molar-refractivity contribution in [1.29, 1.82) is 0 Å². The van der Waals surface area contributed by atoms with E-state index in [0.29, 0.717) is 23.8 Å². The molecule has 3 N–H and O–H groups in total. The van der Waals surface area contributed by atoms with Crippen LogP contribution in [0.4, 0.5) is 5.82 Å². The zero-order valence-electron chi connectivity index (χ0n) is 12.1. The van der Waals surface area contributed by atoms with E-state index in [0.717, 1.165) is 32.8 Å². The topological polar surface area (TPSA) is 85.4 Å². The number of nitrogen functional groups attached to an aromatic ring is 1. The fourth-order valence-electron chi connectivity index (χ4n) is 2.27. The number of nitrogens with two attached hydrogens (primary N) is 1. The lowest BCUT2D eigenvalue weighted by molar-refractivity contribution is 0.0317. The number of anilines is 1. The summed E-state index contributed by atoms with van der Waals surface area (Å²) in [6, 6.07) is 0. The van der Waals surface area contributed by atoms with E-state index >= 15 is 0 Å². The third-order valence-electron chi connectivity index (χ3n) is 3.51. The fraction of sp³-hybridized carbons (Fsp3) is 0.692. The summed E-state index contributed by atoms with van der Waals surface area (Å²) in [5, 5.41) is 6.88. The Balaban J connectivity index is 1.76. The van der Waals surface area contributed by atoms with Gasteiger partial charge in [0.25, 0.3) is 5.91 Å². The lowest BCUT2D eigenvalue weighted by Gasteiger charge is -2.29. The minimum Gasteiger partial charge on any atom is -0.383 e. The van der Waals surface area contributed by atoms with Crippen molar-refractivity contribution in [2.24, 2.45) is 13.0 Å². The lowest BCUT2D eigenvalue weighted by atomic mass is 10.1. The Bertz CT molecular complexity index is 454. The molecule has 0 aliphatic carbocycles. The predicted octanol–water partition coefficient (Wildman–Crippen LogP) is -0.300. The quantitative estimate of drug-likeness (QED) is 0.774. The zero-order chi connectivity index (χ0) is 14.5. The molecule has 1 atom stereocenters. The number of nitrogens with one attached hydrogen (secondary N) is 1. The molecule has 7 nitrogen and oxygen atoms in total. The van der Waals surface area contributed by atoms with E-state index in [2.05, 4.69) is 22.2 Å². The van der Waals surface area contributed by atoms with E-state index in [1.165, 1.54) is 10.9 Å². The van der Waals surface area contributed by atoms with Crippen LogP contribution in [0, 0.1) is 5.92 Å². The second kappa shape index (κ2) is 6.71. The molecule has 1 unspecified atom stereocenters. The van der Waals surface area contributed by atoms with Crippen molar-refractivity contribution in [3.8, 4) is 0 Å². The molecule has 1 aliphatic rings. The minimum atomic E-state index is -0.163. The molecule has 1 amide bonds. The molecule has 0 aromatic carbocycles. The van der Waals surface area contributed by atoms with Crippen molar-refractivity contribution in [2.45, 2.75) is 6.92 Å².